The Bertz CT molecular complexity index is 597. The minimum absolute atomic E-state index is 0.155. The largest absolute Gasteiger partial charge is 0.332 e. The smallest absolute Gasteiger partial charge is 0.277 e. The van der Waals surface area contributed by atoms with Crippen molar-refractivity contribution >= 4 is 11.3 Å². The van der Waals surface area contributed by atoms with Crippen LogP contribution in [0.4, 0.5) is 0 Å². The van der Waals surface area contributed by atoms with Gasteiger partial charge in [0.2, 0.25) is 0 Å². The van der Waals surface area contributed by atoms with E-state index in [1.165, 1.54) is 11.3 Å². The standard InChI is InChI=1S/C13H20N6OS/c1-18-4-3-5-19(2)10(7-18)12-16-13(20-17-12)9-8-21-11(6-14)15-9/h8,10H,3-7,14H2,1-2H3. The van der Waals surface area contributed by atoms with Gasteiger partial charge < -0.3 is 15.2 Å². The van der Waals surface area contributed by atoms with Crippen LogP contribution in [0.3, 0.4) is 0 Å². The topological polar surface area (TPSA) is 84.3 Å². The van der Waals surface area contributed by atoms with Gasteiger partial charge in [0.05, 0.1) is 6.04 Å². The Labute approximate surface area is 127 Å². The van der Waals surface area contributed by atoms with E-state index in [1.807, 2.05) is 5.38 Å². The van der Waals surface area contributed by atoms with Crippen LogP contribution in [0.25, 0.3) is 11.6 Å². The van der Waals surface area contributed by atoms with E-state index in [2.05, 4.69) is 39.0 Å². The zero-order valence-corrected chi connectivity index (χ0v) is 13.1. The molecular weight excluding hydrogens is 288 g/mol. The molecule has 114 valence electrons. The van der Waals surface area contributed by atoms with Crippen molar-refractivity contribution in [3.05, 3.63) is 16.2 Å². The molecule has 1 unspecified atom stereocenters. The van der Waals surface area contributed by atoms with Gasteiger partial charge in [-0.25, -0.2) is 4.98 Å². The molecule has 2 aromatic rings. The summed E-state index contributed by atoms with van der Waals surface area (Å²) in [6.45, 7) is 3.47. The van der Waals surface area contributed by atoms with Gasteiger partial charge in [-0.1, -0.05) is 5.16 Å². The first-order valence-corrected chi connectivity index (χ1v) is 7.92. The first-order chi connectivity index (χ1) is 10.2. The van der Waals surface area contributed by atoms with Crippen LogP contribution in [-0.2, 0) is 6.54 Å². The molecule has 1 fully saturated rings. The number of rotatable bonds is 3. The summed E-state index contributed by atoms with van der Waals surface area (Å²) in [6.07, 6.45) is 1.15. The van der Waals surface area contributed by atoms with E-state index >= 15 is 0 Å². The van der Waals surface area contributed by atoms with Crippen molar-refractivity contribution < 1.29 is 4.52 Å². The highest BCUT2D eigenvalue weighted by Gasteiger charge is 2.27. The Hall–Kier alpha value is -1.35. The zero-order chi connectivity index (χ0) is 14.8. The predicted octanol–water partition coefficient (Wildman–Crippen LogP) is 0.960. The SMILES string of the molecule is CN1CCCN(C)C(c2noc(-c3csc(CN)n3)n2)C1. The summed E-state index contributed by atoms with van der Waals surface area (Å²) >= 11 is 1.51. The third-order valence-corrected chi connectivity index (χ3v) is 4.62. The maximum absolute atomic E-state index is 5.58. The van der Waals surface area contributed by atoms with Crippen molar-refractivity contribution in [2.24, 2.45) is 5.73 Å². The van der Waals surface area contributed by atoms with Gasteiger partial charge in [-0.05, 0) is 33.6 Å². The zero-order valence-electron chi connectivity index (χ0n) is 12.3. The van der Waals surface area contributed by atoms with Gasteiger partial charge >= 0.3 is 0 Å². The lowest BCUT2D eigenvalue weighted by atomic mass is 10.2. The molecule has 1 aliphatic heterocycles. The molecule has 0 radical (unpaired) electrons. The summed E-state index contributed by atoms with van der Waals surface area (Å²) < 4.78 is 5.38. The lowest BCUT2D eigenvalue weighted by molar-refractivity contribution is 0.215. The molecule has 0 bridgehead atoms. The van der Waals surface area contributed by atoms with Crippen molar-refractivity contribution in [3.8, 4) is 11.6 Å². The summed E-state index contributed by atoms with van der Waals surface area (Å²) in [5.41, 5.74) is 6.30. The third kappa shape index (κ3) is 3.13. The number of thiazole rings is 1. The van der Waals surface area contributed by atoms with E-state index in [0.29, 0.717) is 18.1 Å². The lowest BCUT2D eigenvalue weighted by Gasteiger charge is -2.24. The molecular formula is C13H20N6OS. The second kappa shape index (κ2) is 6.18. The predicted molar refractivity (Wildman–Crippen MR) is 80.8 cm³/mol. The number of likely N-dealkylation sites (N-methyl/N-ethyl adjacent to an activating group) is 2. The summed E-state index contributed by atoms with van der Waals surface area (Å²) in [7, 11) is 4.23. The van der Waals surface area contributed by atoms with Crippen LogP contribution in [0.2, 0.25) is 0 Å². The van der Waals surface area contributed by atoms with E-state index in [9.17, 15) is 0 Å². The molecule has 0 aliphatic carbocycles. The molecule has 2 N–H and O–H groups in total. The van der Waals surface area contributed by atoms with Gasteiger partial charge in [0.15, 0.2) is 5.82 Å². The van der Waals surface area contributed by atoms with Crippen LogP contribution >= 0.6 is 11.3 Å². The van der Waals surface area contributed by atoms with Crippen molar-refractivity contribution in [1.29, 1.82) is 0 Å². The van der Waals surface area contributed by atoms with E-state index in [1.54, 1.807) is 0 Å². The fourth-order valence-corrected chi connectivity index (χ4v) is 3.18. The molecule has 1 aliphatic rings. The van der Waals surface area contributed by atoms with Crippen LogP contribution in [0.5, 0.6) is 0 Å². The molecule has 2 aromatic heterocycles. The Morgan fingerprint density at radius 1 is 1.38 bits per heavy atom. The number of aromatic nitrogens is 3. The van der Waals surface area contributed by atoms with Gasteiger partial charge in [0, 0.05) is 18.5 Å². The lowest BCUT2D eigenvalue weighted by Crippen LogP contribution is -2.31. The van der Waals surface area contributed by atoms with Crippen LogP contribution in [0.15, 0.2) is 9.90 Å². The summed E-state index contributed by atoms with van der Waals surface area (Å²) in [5.74, 6) is 1.20. The monoisotopic (exact) mass is 308 g/mol. The summed E-state index contributed by atoms with van der Waals surface area (Å²) in [5, 5.41) is 6.93. The van der Waals surface area contributed by atoms with Gasteiger partial charge in [0.25, 0.3) is 5.89 Å². The van der Waals surface area contributed by atoms with Gasteiger partial charge in [-0.3, -0.25) is 4.90 Å². The van der Waals surface area contributed by atoms with Gasteiger partial charge in [-0.15, -0.1) is 11.3 Å². The highest BCUT2D eigenvalue weighted by molar-refractivity contribution is 7.09. The van der Waals surface area contributed by atoms with E-state index in [0.717, 1.165) is 36.9 Å². The third-order valence-electron chi connectivity index (χ3n) is 3.75. The van der Waals surface area contributed by atoms with Crippen LogP contribution < -0.4 is 5.73 Å². The average molecular weight is 308 g/mol. The molecule has 1 atom stereocenters. The Morgan fingerprint density at radius 3 is 3.00 bits per heavy atom. The molecule has 0 spiro atoms. The molecule has 0 aromatic carbocycles. The fourth-order valence-electron chi connectivity index (χ4n) is 2.53. The Kier molecular flexibility index (Phi) is 4.29. The second-order valence-electron chi connectivity index (χ2n) is 5.40. The van der Waals surface area contributed by atoms with E-state index < -0.39 is 0 Å². The van der Waals surface area contributed by atoms with Crippen LogP contribution in [0.1, 0.15) is 23.3 Å². The number of hydrogen-bond acceptors (Lipinski definition) is 8. The van der Waals surface area contributed by atoms with Crippen LogP contribution in [0, 0.1) is 0 Å². The molecule has 0 amide bonds. The molecule has 3 rings (SSSR count). The summed E-state index contributed by atoms with van der Waals surface area (Å²) in [6, 6.07) is 0.155. The molecule has 8 heteroatoms. The molecule has 21 heavy (non-hydrogen) atoms. The Balaban J connectivity index is 1.83. The van der Waals surface area contributed by atoms with E-state index in [4.69, 9.17) is 10.3 Å². The van der Waals surface area contributed by atoms with Crippen molar-refractivity contribution in [2.45, 2.75) is 19.0 Å². The quantitative estimate of drug-likeness (QED) is 0.904. The molecule has 7 nitrogen and oxygen atoms in total. The van der Waals surface area contributed by atoms with Crippen molar-refractivity contribution in [2.75, 3.05) is 33.7 Å². The number of nitrogens with zero attached hydrogens (tertiary/aromatic N) is 5. The van der Waals surface area contributed by atoms with Gasteiger partial charge in [0.1, 0.15) is 10.7 Å². The normalized spacial score (nSPS) is 21.6. The fraction of sp³-hybridized carbons (Fsp3) is 0.615. The molecule has 3 heterocycles. The minimum atomic E-state index is 0.155. The highest BCUT2D eigenvalue weighted by atomic mass is 32.1. The summed E-state index contributed by atoms with van der Waals surface area (Å²) in [4.78, 5) is 13.5. The molecule has 1 saturated heterocycles. The molecule has 0 saturated carbocycles. The minimum Gasteiger partial charge on any atom is -0.332 e. The second-order valence-corrected chi connectivity index (χ2v) is 6.34. The van der Waals surface area contributed by atoms with Crippen LogP contribution in [-0.4, -0.2) is 58.7 Å². The van der Waals surface area contributed by atoms with Gasteiger partial charge in [-0.2, -0.15) is 4.98 Å². The first kappa shape index (κ1) is 14.6. The van der Waals surface area contributed by atoms with Crippen molar-refractivity contribution in [3.63, 3.8) is 0 Å². The van der Waals surface area contributed by atoms with E-state index in [-0.39, 0.29) is 6.04 Å². The number of nitrogens with two attached hydrogens (primary N) is 1. The maximum atomic E-state index is 5.58. The number of hydrogen-bond donors (Lipinski definition) is 1. The first-order valence-electron chi connectivity index (χ1n) is 7.04. The highest BCUT2D eigenvalue weighted by Crippen LogP contribution is 2.25. The Morgan fingerprint density at radius 2 is 2.24 bits per heavy atom. The maximum Gasteiger partial charge on any atom is 0.277 e. The van der Waals surface area contributed by atoms with Crippen molar-refractivity contribution in [1.82, 2.24) is 24.9 Å². The average Bonchev–Trinajstić information content (AvgIpc) is 3.10.